The number of aromatic nitrogens is 2. The summed E-state index contributed by atoms with van der Waals surface area (Å²) in [6.45, 7) is 0.469. The summed E-state index contributed by atoms with van der Waals surface area (Å²) in [6, 6.07) is 39.8. The number of hydrogen-bond acceptors (Lipinski definition) is 3. The quantitative estimate of drug-likeness (QED) is 0.153. The van der Waals surface area contributed by atoms with Gasteiger partial charge in [-0.25, -0.2) is 4.98 Å². The molecule has 0 atom stereocenters. The fourth-order valence-electron chi connectivity index (χ4n) is 6.16. The van der Waals surface area contributed by atoms with Crippen molar-refractivity contribution in [1.29, 1.82) is 0 Å². The third-order valence-electron chi connectivity index (χ3n) is 8.35. The van der Waals surface area contributed by atoms with Crippen LogP contribution >= 0.6 is 0 Å². The molecule has 1 saturated carbocycles. The predicted molar refractivity (Wildman–Crippen MR) is 167 cm³/mol. The van der Waals surface area contributed by atoms with Crippen molar-refractivity contribution in [3.63, 3.8) is 0 Å². The van der Waals surface area contributed by atoms with Crippen molar-refractivity contribution in [3.8, 4) is 17.0 Å². The molecule has 5 nitrogen and oxygen atoms in total. The second-order valence-electron chi connectivity index (χ2n) is 10.8. The lowest BCUT2D eigenvalue weighted by molar-refractivity contribution is -0.122. The number of hydrogen-bond donors (Lipinski definition) is 1. The lowest BCUT2D eigenvalue weighted by atomic mass is 9.77. The fraction of sp³-hybridized carbons (Fsp3) is 0.189. The maximum absolute atomic E-state index is 11.5. The monoisotopic (exact) mass is 553 g/mol. The predicted octanol–water partition coefficient (Wildman–Crippen LogP) is 7.37. The van der Waals surface area contributed by atoms with Crippen molar-refractivity contribution in [2.75, 3.05) is 6.61 Å². The Hall–Kier alpha value is -4.90. The van der Waals surface area contributed by atoms with Crippen LogP contribution in [0, 0.1) is 5.92 Å². The largest absolute Gasteiger partial charge is 0.489 e. The fourth-order valence-corrected chi connectivity index (χ4v) is 6.16. The standard InChI is InChI=1S/C37H35N3O2/c38-36(41)29-22-20-28(21-23-29)24-25-42-35-19-11-10-18-33(35)34-26-40(27-39-34)37(30-12-4-1-5-13-30,31-14-6-2-7-15-31)32-16-8-3-9-17-32/h1-19,24,26-27,29H,20-23,25H2,(H2,38,41). The minimum absolute atomic E-state index is 0.00585. The molecule has 1 aliphatic rings. The summed E-state index contributed by atoms with van der Waals surface area (Å²) in [7, 11) is 0. The van der Waals surface area contributed by atoms with Gasteiger partial charge in [-0.3, -0.25) is 4.79 Å². The maximum atomic E-state index is 11.5. The van der Waals surface area contributed by atoms with Gasteiger partial charge in [-0.05, 0) is 60.6 Å². The number of nitrogens with two attached hydrogens (primary N) is 1. The average Bonchev–Trinajstić information content (AvgIpc) is 3.54. The van der Waals surface area contributed by atoms with Crippen LogP contribution in [-0.4, -0.2) is 22.1 Å². The number of amides is 1. The van der Waals surface area contributed by atoms with Crippen molar-refractivity contribution in [2.24, 2.45) is 11.7 Å². The third kappa shape index (κ3) is 5.38. The number of nitrogens with zero attached hydrogens (tertiary/aromatic N) is 2. The van der Waals surface area contributed by atoms with Crippen molar-refractivity contribution in [3.05, 3.63) is 156 Å². The number of rotatable bonds is 9. The molecule has 42 heavy (non-hydrogen) atoms. The molecule has 0 aliphatic heterocycles. The molecule has 5 heteroatoms. The molecule has 5 aromatic rings. The Morgan fingerprint density at radius 3 is 1.88 bits per heavy atom. The van der Waals surface area contributed by atoms with E-state index in [0.717, 1.165) is 59.4 Å². The molecular formula is C37H35N3O2. The summed E-state index contributed by atoms with van der Waals surface area (Å²) in [5.74, 6) is 0.596. The van der Waals surface area contributed by atoms with Crippen molar-refractivity contribution < 1.29 is 9.53 Å². The highest BCUT2D eigenvalue weighted by Gasteiger charge is 2.38. The van der Waals surface area contributed by atoms with Gasteiger partial charge >= 0.3 is 0 Å². The summed E-state index contributed by atoms with van der Waals surface area (Å²) in [4.78, 5) is 16.4. The Kier molecular flexibility index (Phi) is 8.00. The lowest BCUT2D eigenvalue weighted by Crippen LogP contribution is -2.36. The normalized spacial score (nSPS) is 15.2. The number of benzene rings is 4. The van der Waals surface area contributed by atoms with Gasteiger partial charge in [-0.15, -0.1) is 0 Å². The lowest BCUT2D eigenvalue weighted by Gasteiger charge is -2.37. The second-order valence-corrected chi connectivity index (χ2v) is 10.8. The highest BCUT2D eigenvalue weighted by molar-refractivity contribution is 5.76. The van der Waals surface area contributed by atoms with Gasteiger partial charge in [0.25, 0.3) is 0 Å². The third-order valence-corrected chi connectivity index (χ3v) is 8.35. The summed E-state index contributed by atoms with van der Waals surface area (Å²) in [5, 5.41) is 0. The molecule has 1 aromatic heterocycles. The zero-order valence-corrected chi connectivity index (χ0v) is 23.6. The minimum Gasteiger partial charge on any atom is -0.489 e. The average molecular weight is 554 g/mol. The SMILES string of the molecule is NC(=O)C1CCC(=CCOc2ccccc2-c2cn(C(c3ccccc3)(c3ccccc3)c3ccccc3)cn2)CC1. The van der Waals surface area contributed by atoms with E-state index in [4.69, 9.17) is 15.5 Å². The van der Waals surface area contributed by atoms with E-state index < -0.39 is 5.54 Å². The second kappa shape index (κ2) is 12.3. The molecule has 1 fully saturated rings. The number of para-hydroxylation sites is 1. The van der Waals surface area contributed by atoms with E-state index in [1.54, 1.807) is 0 Å². The molecule has 210 valence electrons. The Bertz CT molecular complexity index is 1550. The first-order valence-corrected chi connectivity index (χ1v) is 14.6. The highest BCUT2D eigenvalue weighted by Crippen LogP contribution is 2.42. The number of carbonyl (C=O) groups is 1. The summed E-state index contributed by atoms with van der Waals surface area (Å²) < 4.78 is 8.52. The summed E-state index contributed by atoms with van der Waals surface area (Å²) in [5.41, 5.74) is 11.4. The maximum Gasteiger partial charge on any atom is 0.220 e. The molecule has 6 rings (SSSR count). The van der Waals surface area contributed by atoms with E-state index >= 15 is 0 Å². The van der Waals surface area contributed by atoms with Crippen LogP contribution in [0.2, 0.25) is 0 Å². The molecule has 2 N–H and O–H groups in total. The molecule has 0 radical (unpaired) electrons. The van der Waals surface area contributed by atoms with E-state index in [9.17, 15) is 4.79 Å². The van der Waals surface area contributed by atoms with Crippen LogP contribution in [0.3, 0.4) is 0 Å². The van der Waals surface area contributed by atoms with Gasteiger partial charge in [-0.2, -0.15) is 0 Å². The first kappa shape index (κ1) is 27.3. The number of carbonyl (C=O) groups excluding carboxylic acids is 1. The molecule has 1 aliphatic carbocycles. The van der Waals surface area contributed by atoms with Crippen LogP contribution in [0.15, 0.2) is 139 Å². The van der Waals surface area contributed by atoms with Gasteiger partial charge in [0.15, 0.2) is 0 Å². The zero-order valence-electron chi connectivity index (χ0n) is 23.6. The van der Waals surface area contributed by atoms with Crippen molar-refractivity contribution in [2.45, 2.75) is 31.2 Å². The zero-order chi connectivity index (χ0) is 28.8. The van der Waals surface area contributed by atoms with Gasteiger partial charge in [0.05, 0.1) is 12.0 Å². The molecular weight excluding hydrogens is 518 g/mol. The highest BCUT2D eigenvalue weighted by atomic mass is 16.5. The van der Waals surface area contributed by atoms with Crippen LogP contribution in [-0.2, 0) is 10.3 Å². The molecule has 0 spiro atoms. The smallest absolute Gasteiger partial charge is 0.220 e. The van der Waals surface area contributed by atoms with E-state index in [-0.39, 0.29) is 11.8 Å². The van der Waals surface area contributed by atoms with Crippen LogP contribution in [0.25, 0.3) is 11.3 Å². The first-order valence-electron chi connectivity index (χ1n) is 14.6. The molecule has 0 saturated heterocycles. The molecule has 1 heterocycles. The van der Waals surface area contributed by atoms with Gasteiger partial charge < -0.3 is 15.0 Å². The number of allylic oxidation sites excluding steroid dienone is 1. The molecule has 4 aromatic carbocycles. The van der Waals surface area contributed by atoms with E-state index in [1.165, 1.54) is 5.57 Å². The van der Waals surface area contributed by atoms with E-state index in [0.29, 0.717) is 6.61 Å². The molecule has 0 bridgehead atoms. The van der Waals surface area contributed by atoms with Crippen LogP contribution in [0.1, 0.15) is 42.4 Å². The van der Waals surface area contributed by atoms with Gasteiger partial charge in [0.2, 0.25) is 5.91 Å². The van der Waals surface area contributed by atoms with Crippen LogP contribution in [0.4, 0.5) is 0 Å². The van der Waals surface area contributed by atoms with Crippen LogP contribution < -0.4 is 10.5 Å². The minimum atomic E-state index is -0.626. The van der Waals surface area contributed by atoms with Crippen LogP contribution in [0.5, 0.6) is 5.75 Å². The van der Waals surface area contributed by atoms with E-state index in [1.807, 2.05) is 24.5 Å². The topological polar surface area (TPSA) is 70.1 Å². The van der Waals surface area contributed by atoms with E-state index in [2.05, 4.69) is 114 Å². The molecule has 0 unspecified atom stereocenters. The summed E-state index contributed by atoms with van der Waals surface area (Å²) in [6.07, 6.45) is 9.63. The van der Waals surface area contributed by atoms with Gasteiger partial charge in [0, 0.05) is 17.7 Å². The van der Waals surface area contributed by atoms with Crippen molar-refractivity contribution in [1.82, 2.24) is 9.55 Å². The Morgan fingerprint density at radius 1 is 0.810 bits per heavy atom. The van der Waals surface area contributed by atoms with Crippen molar-refractivity contribution >= 4 is 5.91 Å². The Labute approximate surface area is 247 Å². The van der Waals surface area contributed by atoms with Gasteiger partial charge in [0.1, 0.15) is 17.9 Å². The van der Waals surface area contributed by atoms with Gasteiger partial charge in [-0.1, -0.05) is 109 Å². The number of primary amides is 1. The Balaban J connectivity index is 1.36. The number of ether oxygens (including phenoxy) is 1. The summed E-state index contributed by atoms with van der Waals surface area (Å²) >= 11 is 0. The Morgan fingerprint density at radius 2 is 1.33 bits per heavy atom. The first-order chi connectivity index (χ1) is 20.7. The molecule has 1 amide bonds. The number of imidazole rings is 1.